The molecule has 4 heterocycles. The molecule has 2 aromatic carbocycles. The molecule has 1 fully saturated rings. The standard InChI is InChI=1S/C28H24ClFN6O2/c1-17-34-26-16-33-25-15-24(30)21(20-4-3-19(13-23(20)29)38-28-31-7-2-8-32-28)14-22(25)27(26)36(17)18-5-9-35(10-6-18)11-12-37/h2-4,7-8,12-16,18H,5-6,9-11H2,1H3. The molecule has 0 unspecified atom stereocenters. The lowest BCUT2D eigenvalue weighted by molar-refractivity contribution is -0.109. The lowest BCUT2D eigenvalue weighted by atomic mass is 10.0. The fourth-order valence-electron chi connectivity index (χ4n) is 5.25. The maximum atomic E-state index is 15.4. The first-order chi connectivity index (χ1) is 18.5. The number of aromatic nitrogens is 5. The first-order valence-corrected chi connectivity index (χ1v) is 12.8. The van der Waals surface area contributed by atoms with E-state index in [2.05, 4.69) is 24.4 Å². The highest BCUT2D eigenvalue weighted by Gasteiger charge is 2.25. The summed E-state index contributed by atoms with van der Waals surface area (Å²) in [6.45, 7) is 4.11. The first-order valence-electron chi connectivity index (χ1n) is 12.4. The minimum absolute atomic E-state index is 0.197. The number of aldehydes is 1. The van der Waals surface area contributed by atoms with E-state index in [0.29, 0.717) is 34.0 Å². The summed E-state index contributed by atoms with van der Waals surface area (Å²) in [5.41, 5.74) is 3.15. The molecule has 6 rings (SSSR count). The second-order valence-corrected chi connectivity index (χ2v) is 9.75. The molecule has 0 saturated carbocycles. The van der Waals surface area contributed by atoms with Gasteiger partial charge in [-0.25, -0.2) is 19.3 Å². The summed E-state index contributed by atoms with van der Waals surface area (Å²) >= 11 is 6.62. The smallest absolute Gasteiger partial charge is 0.321 e. The van der Waals surface area contributed by atoms with Gasteiger partial charge in [0.2, 0.25) is 0 Å². The lowest BCUT2D eigenvalue weighted by Gasteiger charge is -2.32. The van der Waals surface area contributed by atoms with Gasteiger partial charge in [-0.15, -0.1) is 0 Å². The third-order valence-corrected chi connectivity index (χ3v) is 7.33. The maximum absolute atomic E-state index is 15.4. The van der Waals surface area contributed by atoms with Crippen LogP contribution >= 0.6 is 11.6 Å². The number of nitrogens with zero attached hydrogens (tertiary/aromatic N) is 6. The van der Waals surface area contributed by atoms with Crippen molar-refractivity contribution in [1.29, 1.82) is 0 Å². The molecule has 8 nitrogen and oxygen atoms in total. The summed E-state index contributed by atoms with van der Waals surface area (Å²) in [5.74, 6) is 0.915. The van der Waals surface area contributed by atoms with Gasteiger partial charge in [0, 0.05) is 60.2 Å². The molecule has 0 bridgehead atoms. The number of ether oxygens (including phenoxy) is 1. The minimum atomic E-state index is -0.420. The van der Waals surface area contributed by atoms with E-state index < -0.39 is 5.82 Å². The molecule has 0 radical (unpaired) electrons. The molecule has 0 amide bonds. The zero-order valence-corrected chi connectivity index (χ0v) is 21.4. The summed E-state index contributed by atoms with van der Waals surface area (Å²) in [6.07, 6.45) is 7.61. The van der Waals surface area contributed by atoms with Gasteiger partial charge in [-0.05, 0) is 44.0 Å². The van der Waals surface area contributed by atoms with E-state index >= 15 is 4.39 Å². The van der Waals surface area contributed by atoms with E-state index in [9.17, 15) is 4.79 Å². The van der Waals surface area contributed by atoms with Gasteiger partial charge in [-0.3, -0.25) is 9.88 Å². The Hall–Kier alpha value is -3.95. The zero-order valence-electron chi connectivity index (χ0n) is 20.6. The van der Waals surface area contributed by atoms with Crippen LogP contribution in [0.4, 0.5) is 4.39 Å². The van der Waals surface area contributed by atoms with Crippen molar-refractivity contribution in [1.82, 2.24) is 29.4 Å². The Labute approximate surface area is 223 Å². The van der Waals surface area contributed by atoms with Crippen molar-refractivity contribution in [3.8, 4) is 22.9 Å². The number of hydrogen-bond acceptors (Lipinski definition) is 7. The number of aryl methyl sites for hydroxylation is 1. The monoisotopic (exact) mass is 530 g/mol. The predicted molar refractivity (Wildman–Crippen MR) is 143 cm³/mol. The van der Waals surface area contributed by atoms with Gasteiger partial charge in [0.1, 0.15) is 29.2 Å². The second kappa shape index (κ2) is 10.1. The van der Waals surface area contributed by atoms with Crippen LogP contribution in [0.1, 0.15) is 24.7 Å². The largest absolute Gasteiger partial charge is 0.424 e. The molecule has 1 aliphatic heterocycles. The van der Waals surface area contributed by atoms with Crippen LogP contribution < -0.4 is 4.74 Å². The molecule has 192 valence electrons. The number of piperidine rings is 1. The number of pyridine rings is 1. The predicted octanol–water partition coefficient (Wildman–Crippen LogP) is 5.77. The summed E-state index contributed by atoms with van der Waals surface area (Å²) in [4.78, 5) is 30.5. The molecule has 0 atom stereocenters. The number of rotatable bonds is 6. The number of fused-ring (bicyclic) bond motifs is 3. The minimum Gasteiger partial charge on any atom is -0.424 e. The highest BCUT2D eigenvalue weighted by atomic mass is 35.5. The second-order valence-electron chi connectivity index (χ2n) is 9.34. The van der Waals surface area contributed by atoms with E-state index in [1.807, 2.05) is 6.92 Å². The van der Waals surface area contributed by atoms with Gasteiger partial charge in [-0.2, -0.15) is 0 Å². The number of benzene rings is 2. The zero-order chi connectivity index (χ0) is 26.2. The molecule has 5 aromatic rings. The highest BCUT2D eigenvalue weighted by Crippen LogP contribution is 2.38. The summed E-state index contributed by atoms with van der Waals surface area (Å²) < 4.78 is 23.3. The van der Waals surface area contributed by atoms with Crippen molar-refractivity contribution in [2.75, 3.05) is 19.6 Å². The first kappa shape index (κ1) is 24.4. The topological polar surface area (TPSA) is 86.0 Å². The molecule has 38 heavy (non-hydrogen) atoms. The van der Waals surface area contributed by atoms with Crippen LogP contribution in [-0.4, -0.2) is 55.3 Å². The fraction of sp³-hybridized carbons (Fsp3) is 0.250. The van der Waals surface area contributed by atoms with Crippen molar-refractivity contribution in [2.24, 2.45) is 0 Å². The molecule has 0 spiro atoms. The molecule has 0 N–H and O–H groups in total. The summed E-state index contributed by atoms with van der Waals surface area (Å²) in [7, 11) is 0. The van der Waals surface area contributed by atoms with Crippen molar-refractivity contribution in [2.45, 2.75) is 25.8 Å². The van der Waals surface area contributed by atoms with E-state index in [0.717, 1.165) is 54.5 Å². The Morgan fingerprint density at radius 3 is 2.61 bits per heavy atom. The maximum Gasteiger partial charge on any atom is 0.321 e. The van der Waals surface area contributed by atoms with Crippen LogP contribution in [0.2, 0.25) is 5.02 Å². The van der Waals surface area contributed by atoms with Gasteiger partial charge in [0.15, 0.2) is 0 Å². The highest BCUT2D eigenvalue weighted by molar-refractivity contribution is 6.33. The molecule has 3 aromatic heterocycles. The van der Waals surface area contributed by atoms with Gasteiger partial charge < -0.3 is 14.1 Å². The van der Waals surface area contributed by atoms with Crippen LogP contribution in [0.3, 0.4) is 0 Å². The van der Waals surface area contributed by atoms with Gasteiger partial charge in [0.25, 0.3) is 0 Å². The average Bonchev–Trinajstić information content (AvgIpc) is 3.26. The van der Waals surface area contributed by atoms with Crippen LogP contribution in [0.15, 0.2) is 55.0 Å². The summed E-state index contributed by atoms with van der Waals surface area (Å²) in [6, 6.07) is 10.4. The molecule has 1 saturated heterocycles. The van der Waals surface area contributed by atoms with Crippen molar-refractivity contribution < 1.29 is 13.9 Å². The third-order valence-electron chi connectivity index (χ3n) is 7.02. The quantitative estimate of drug-likeness (QED) is 0.257. The number of hydrogen-bond donors (Lipinski definition) is 0. The Kier molecular flexibility index (Phi) is 6.47. The molecule has 10 heteroatoms. The number of halogens is 2. The molecular formula is C28H24ClFN6O2. The van der Waals surface area contributed by atoms with E-state index in [1.165, 1.54) is 6.07 Å². The normalized spacial score (nSPS) is 14.8. The van der Waals surface area contributed by atoms with Gasteiger partial charge in [-0.1, -0.05) is 11.6 Å². The van der Waals surface area contributed by atoms with Crippen LogP contribution in [0.5, 0.6) is 11.8 Å². The molecule has 0 aliphatic carbocycles. The van der Waals surface area contributed by atoms with E-state index in [1.54, 1.807) is 48.9 Å². The number of carbonyl (C=O) groups excluding carboxylic acids is 1. The number of carbonyl (C=O) groups is 1. The van der Waals surface area contributed by atoms with Crippen LogP contribution in [0.25, 0.3) is 33.1 Å². The van der Waals surface area contributed by atoms with E-state index in [4.69, 9.17) is 21.3 Å². The summed E-state index contributed by atoms with van der Waals surface area (Å²) in [5, 5.41) is 1.15. The molecule has 1 aliphatic rings. The fourth-order valence-corrected chi connectivity index (χ4v) is 5.53. The Bertz CT molecular complexity index is 1650. The van der Waals surface area contributed by atoms with Crippen molar-refractivity contribution >= 4 is 39.8 Å². The third kappa shape index (κ3) is 4.48. The van der Waals surface area contributed by atoms with E-state index in [-0.39, 0.29) is 12.1 Å². The van der Waals surface area contributed by atoms with Crippen molar-refractivity contribution in [3.05, 3.63) is 71.7 Å². The van der Waals surface area contributed by atoms with Crippen LogP contribution in [0, 0.1) is 12.7 Å². The average molecular weight is 531 g/mol. The van der Waals surface area contributed by atoms with Crippen LogP contribution in [-0.2, 0) is 4.79 Å². The SMILES string of the molecule is Cc1nc2cnc3cc(F)c(-c4ccc(Oc5ncccn5)cc4Cl)cc3c2n1C1CCN(CC=O)CC1. The Morgan fingerprint density at radius 1 is 1.08 bits per heavy atom. The Balaban J connectivity index is 1.42. The van der Waals surface area contributed by atoms with Crippen molar-refractivity contribution in [3.63, 3.8) is 0 Å². The number of imidazole rings is 1. The Morgan fingerprint density at radius 2 is 1.87 bits per heavy atom. The molecular weight excluding hydrogens is 507 g/mol. The number of likely N-dealkylation sites (tertiary alicyclic amines) is 1. The lowest BCUT2D eigenvalue weighted by Crippen LogP contribution is -2.36. The van der Waals surface area contributed by atoms with Gasteiger partial charge in [0.05, 0.1) is 28.8 Å². The van der Waals surface area contributed by atoms with Gasteiger partial charge >= 0.3 is 6.01 Å².